The van der Waals surface area contributed by atoms with Crippen molar-refractivity contribution in [2.75, 3.05) is 0 Å². The molecule has 0 amide bonds. The largest absolute Gasteiger partial charge is 1.00 e. The summed E-state index contributed by atoms with van der Waals surface area (Å²) in [7, 11) is 0. The summed E-state index contributed by atoms with van der Waals surface area (Å²) < 4.78 is 0. The van der Waals surface area contributed by atoms with Crippen molar-refractivity contribution >= 4 is 5.97 Å². The van der Waals surface area contributed by atoms with Gasteiger partial charge in [0.1, 0.15) is 0 Å². The van der Waals surface area contributed by atoms with E-state index < -0.39 is 5.97 Å². The number of carboxylic acids is 1. The third-order valence-electron chi connectivity index (χ3n) is 1.44. The standard InChI is InChI=1S/C5H8O2.Cu/c6-5(7)4-2-1-3-4;/h4H,1-3H2,(H,6,7);/q;+1/p-1. The van der Waals surface area contributed by atoms with Crippen LogP contribution in [0.3, 0.4) is 0 Å². The zero-order valence-corrected chi connectivity index (χ0v) is 5.26. The molecule has 8 heavy (non-hydrogen) atoms. The van der Waals surface area contributed by atoms with Gasteiger partial charge in [0.25, 0.3) is 0 Å². The van der Waals surface area contributed by atoms with Gasteiger partial charge in [-0.05, 0) is 18.8 Å². The molecule has 0 heterocycles. The van der Waals surface area contributed by atoms with Gasteiger partial charge >= 0.3 is 17.1 Å². The molecule has 1 rings (SSSR count). The van der Waals surface area contributed by atoms with E-state index in [9.17, 15) is 9.90 Å². The second-order valence-electron chi connectivity index (χ2n) is 1.95. The number of carbonyl (C=O) groups excluding carboxylic acids is 1. The summed E-state index contributed by atoms with van der Waals surface area (Å²) in [6.45, 7) is 0. The smallest absolute Gasteiger partial charge is 0.550 e. The number of carbonyl (C=O) groups is 1. The van der Waals surface area contributed by atoms with E-state index in [4.69, 9.17) is 0 Å². The molecule has 0 radical (unpaired) electrons. The minimum absolute atomic E-state index is 0. The maximum atomic E-state index is 9.87. The van der Waals surface area contributed by atoms with Gasteiger partial charge in [0.05, 0.1) is 0 Å². The van der Waals surface area contributed by atoms with E-state index in [1.165, 1.54) is 0 Å². The van der Waals surface area contributed by atoms with Gasteiger partial charge in [-0.25, -0.2) is 0 Å². The summed E-state index contributed by atoms with van der Waals surface area (Å²) in [4.78, 5) is 9.87. The van der Waals surface area contributed by atoms with E-state index in [0.29, 0.717) is 0 Å². The molecule has 0 atom stereocenters. The Hall–Kier alpha value is -0.0105. The third-order valence-corrected chi connectivity index (χ3v) is 1.44. The molecule has 0 aromatic rings. The van der Waals surface area contributed by atoms with E-state index in [1.54, 1.807) is 0 Å². The van der Waals surface area contributed by atoms with Gasteiger partial charge in [0.15, 0.2) is 0 Å². The van der Waals surface area contributed by atoms with E-state index in [1.807, 2.05) is 0 Å². The Morgan fingerprint density at radius 3 is 2.00 bits per heavy atom. The van der Waals surface area contributed by atoms with E-state index >= 15 is 0 Å². The molecule has 0 spiro atoms. The van der Waals surface area contributed by atoms with Crippen LogP contribution in [0.1, 0.15) is 19.3 Å². The van der Waals surface area contributed by atoms with Gasteiger partial charge in [-0.1, -0.05) is 6.42 Å². The van der Waals surface area contributed by atoms with E-state index in [0.717, 1.165) is 19.3 Å². The molecule has 50 valence electrons. The van der Waals surface area contributed by atoms with Gasteiger partial charge in [-0.15, -0.1) is 0 Å². The Morgan fingerprint density at radius 2 is 2.00 bits per heavy atom. The van der Waals surface area contributed by atoms with Gasteiger partial charge in [0, 0.05) is 5.97 Å². The molecule has 0 saturated heterocycles. The van der Waals surface area contributed by atoms with Crippen molar-refractivity contribution in [3.05, 3.63) is 0 Å². The Kier molecular flexibility index (Phi) is 3.10. The van der Waals surface area contributed by atoms with Crippen LogP contribution in [0.15, 0.2) is 0 Å². The second-order valence-corrected chi connectivity index (χ2v) is 1.95. The van der Waals surface area contributed by atoms with Gasteiger partial charge in [0.2, 0.25) is 0 Å². The molecule has 1 aliphatic rings. The molecular weight excluding hydrogens is 156 g/mol. The number of aliphatic carboxylic acids is 1. The predicted octanol–water partition coefficient (Wildman–Crippen LogP) is -0.466. The average molecular weight is 163 g/mol. The molecule has 1 aliphatic carbocycles. The molecule has 0 unspecified atom stereocenters. The van der Waals surface area contributed by atoms with E-state index in [-0.39, 0.29) is 23.0 Å². The topological polar surface area (TPSA) is 40.1 Å². The summed E-state index contributed by atoms with van der Waals surface area (Å²) in [5.74, 6) is -0.980. The molecule has 2 nitrogen and oxygen atoms in total. The number of hydrogen-bond donors (Lipinski definition) is 0. The summed E-state index contributed by atoms with van der Waals surface area (Å²) in [6, 6.07) is 0. The summed E-state index contributed by atoms with van der Waals surface area (Å²) in [5, 5.41) is 9.87. The van der Waals surface area contributed by atoms with Crippen LogP contribution < -0.4 is 5.11 Å². The van der Waals surface area contributed by atoms with Crippen molar-refractivity contribution < 1.29 is 27.0 Å². The Morgan fingerprint density at radius 1 is 1.50 bits per heavy atom. The summed E-state index contributed by atoms with van der Waals surface area (Å²) in [6.07, 6.45) is 2.74. The van der Waals surface area contributed by atoms with Crippen LogP contribution in [0.4, 0.5) is 0 Å². The molecule has 1 fully saturated rings. The molecule has 0 aliphatic heterocycles. The SMILES string of the molecule is O=C([O-])C1CCC1.[Cu+]. The predicted molar refractivity (Wildman–Crippen MR) is 22.3 cm³/mol. The average Bonchev–Trinajstić information content (AvgIpc) is 1.23. The quantitative estimate of drug-likeness (QED) is 0.490. The van der Waals surface area contributed by atoms with Crippen LogP contribution in [0.25, 0.3) is 0 Å². The second kappa shape index (κ2) is 3.10. The molecule has 1 saturated carbocycles. The van der Waals surface area contributed by atoms with Crippen LogP contribution >= 0.6 is 0 Å². The van der Waals surface area contributed by atoms with Crippen LogP contribution in [0.5, 0.6) is 0 Å². The molecule has 0 bridgehead atoms. The molecule has 0 aromatic carbocycles. The van der Waals surface area contributed by atoms with Crippen molar-refractivity contribution in [2.24, 2.45) is 5.92 Å². The van der Waals surface area contributed by atoms with Gasteiger partial charge in [-0.2, -0.15) is 0 Å². The first-order valence-electron chi connectivity index (χ1n) is 2.51. The van der Waals surface area contributed by atoms with Gasteiger partial charge < -0.3 is 9.90 Å². The maximum Gasteiger partial charge on any atom is 1.00 e. The minimum Gasteiger partial charge on any atom is -0.550 e. The fourth-order valence-corrected chi connectivity index (χ4v) is 0.644. The van der Waals surface area contributed by atoms with Crippen LogP contribution in [0, 0.1) is 5.92 Å². The van der Waals surface area contributed by atoms with Crippen LogP contribution in [0.2, 0.25) is 0 Å². The first kappa shape index (κ1) is 7.99. The monoisotopic (exact) mass is 162 g/mol. The van der Waals surface area contributed by atoms with Crippen molar-refractivity contribution in [1.29, 1.82) is 0 Å². The molecule has 0 aromatic heterocycles. The van der Waals surface area contributed by atoms with Crippen LogP contribution in [-0.4, -0.2) is 5.97 Å². The number of hydrogen-bond acceptors (Lipinski definition) is 2. The zero-order valence-electron chi connectivity index (χ0n) is 4.32. The summed E-state index contributed by atoms with van der Waals surface area (Å²) >= 11 is 0. The molecule has 3 heteroatoms. The first-order chi connectivity index (χ1) is 3.30. The van der Waals surface area contributed by atoms with Crippen molar-refractivity contribution in [3.63, 3.8) is 0 Å². The Balaban J connectivity index is 0.000000490. The van der Waals surface area contributed by atoms with Crippen LogP contribution in [-0.2, 0) is 21.9 Å². The molecule has 0 N–H and O–H groups in total. The third kappa shape index (κ3) is 1.49. The Bertz CT molecular complexity index is 88.4. The normalized spacial score (nSPS) is 18.5. The number of carboxylic acid groups (broad SMARTS) is 1. The zero-order chi connectivity index (χ0) is 5.28. The van der Waals surface area contributed by atoms with Crippen molar-refractivity contribution in [3.8, 4) is 0 Å². The molecular formula is C5H7CuO2. The van der Waals surface area contributed by atoms with Gasteiger partial charge in [-0.3, -0.25) is 0 Å². The Labute approximate surface area is 58.7 Å². The summed E-state index contributed by atoms with van der Waals surface area (Å²) in [5.41, 5.74) is 0. The van der Waals surface area contributed by atoms with E-state index in [2.05, 4.69) is 0 Å². The van der Waals surface area contributed by atoms with Crippen molar-refractivity contribution in [2.45, 2.75) is 19.3 Å². The first-order valence-corrected chi connectivity index (χ1v) is 2.51. The number of rotatable bonds is 1. The maximum absolute atomic E-state index is 9.87. The fourth-order valence-electron chi connectivity index (χ4n) is 0.644. The minimum atomic E-state index is -0.869. The fraction of sp³-hybridized carbons (Fsp3) is 0.800. The van der Waals surface area contributed by atoms with Crippen molar-refractivity contribution in [1.82, 2.24) is 0 Å².